The third kappa shape index (κ3) is 5.01. The van der Waals surface area contributed by atoms with Crippen LogP contribution in [0.15, 0.2) is 11.8 Å². The highest BCUT2D eigenvalue weighted by Crippen LogP contribution is 2.50. The topological polar surface area (TPSA) is 188 Å². The van der Waals surface area contributed by atoms with E-state index in [-0.39, 0.29) is 48.2 Å². The Balaban J connectivity index is 1.33. The fourth-order valence-electron chi connectivity index (χ4n) is 7.20. The third-order valence-electron chi connectivity index (χ3n) is 9.52. The van der Waals surface area contributed by atoms with Gasteiger partial charge in [0, 0.05) is 17.8 Å². The Morgan fingerprint density at radius 1 is 1.07 bits per heavy atom. The van der Waals surface area contributed by atoms with Crippen LogP contribution in [-0.2, 0) is 42.8 Å². The van der Waals surface area contributed by atoms with Crippen molar-refractivity contribution in [2.24, 2.45) is 41.4 Å². The summed E-state index contributed by atoms with van der Waals surface area (Å²) in [7, 11) is 1.24. The molecule has 5 rings (SSSR count). The molecule has 3 aliphatic heterocycles. The summed E-state index contributed by atoms with van der Waals surface area (Å²) in [5.74, 6) is -3.67. The second-order valence-electron chi connectivity index (χ2n) is 11.6. The van der Waals surface area contributed by atoms with E-state index < -0.39 is 79.4 Å². The molecular weight excluding hydrogens is 532 g/mol. The number of carbonyl (C=O) groups excluding carboxylic acids is 3. The second-order valence-corrected chi connectivity index (χ2v) is 11.6. The van der Waals surface area contributed by atoms with Crippen LogP contribution in [0.25, 0.3) is 0 Å². The number of cyclic esters (lactones) is 1. The average molecular weight is 571 g/mol. The summed E-state index contributed by atoms with van der Waals surface area (Å²) < 4.78 is 33.4. The van der Waals surface area contributed by atoms with E-state index in [4.69, 9.17) is 28.4 Å². The van der Waals surface area contributed by atoms with Crippen molar-refractivity contribution in [3.05, 3.63) is 11.8 Å². The van der Waals surface area contributed by atoms with Crippen molar-refractivity contribution in [1.82, 2.24) is 0 Å². The molecule has 224 valence electrons. The van der Waals surface area contributed by atoms with E-state index in [1.54, 1.807) is 0 Å². The summed E-state index contributed by atoms with van der Waals surface area (Å²) >= 11 is 0. The number of aliphatic hydroxyl groups is 4. The standard InChI is InChI=1S/C27H38O13/c1-10-4-5-12-14(8-36-25(34)18(10)12)24(33)38-16-6-13-15(23(32)35-3)9-37-26(19(13)11(16)2)40-27-22(31)21(30)20(29)17(7-28)39-27/h9-14,16-22,26-31H,4-8H2,1-3H3/t10-,11-,12+,13+,14-,16-,17+,18+,19+,20+,21-,22+,26-,27-/m0/s1. The number of aliphatic hydroxyl groups excluding tert-OH is 4. The Morgan fingerprint density at radius 2 is 1.82 bits per heavy atom. The van der Waals surface area contributed by atoms with Crippen LogP contribution >= 0.6 is 0 Å². The molecule has 0 amide bonds. The molecule has 13 nitrogen and oxygen atoms in total. The van der Waals surface area contributed by atoms with Crippen LogP contribution in [0.1, 0.15) is 33.1 Å². The molecule has 0 spiro atoms. The minimum atomic E-state index is -1.65. The van der Waals surface area contributed by atoms with Gasteiger partial charge in [0.25, 0.3) is 0 Å². The lowest BCUT2D eigenvalue weighted by Crippen LogP contribution is -2.60. The summed E-state index contributed by atoms with van der Waals surface area (Å²) in [5.41, 5.74) is 0.239. The minimum Gasteiger partial charge on any atom is -0.472 e. The van der Waals surface area contributed by atoms with Crippen LogP contribution in [0.3, 0.4) is 0 Å². The SMILES string of the molecule is COC(=O)C1=CO[C@@H](O[C@@H]2O[C@H](CO)[C@@H](O)[C@H](O)[C@H]2O)[C@@H]2[C@@H](C)[C@@H](OC(=O)[C@H]3COC(=O)[C@H]4[C@@H]3CC[C@@H]4C)C[C@H]12. The van der Waals surface area contributed by atoms with Crippen molar-refractivity contribution in [1.29, 1.82) is 0 Å². The molecule has 5 aliphatic rings. The molecule has 0 radical (unpaired) electrons. The predicted octanol–water partition coefficient (Wildman–Crippen LogP) is -0.765. The van der Waals surface area contributed by atoms with Crippen LogP contribution in [-0.4, -0.2) is 102 Å². The normalized spacial score (nSPS) is 46.4. The van der Waals surface area contributed by atoms with Crippen LogP contribution < -0.4 is 0 Å². The summed E-state index contributed by atoms with van der Waals surface area (Å²) in [6.45, 7) is 3.16. The molecule has 14 atom stereocenters. The Morgan fingerprint density at radius 3 is 2.52 bits per heavy atom. The van der Waals surface area contributed by atoms with Gasteiger partial charge in [-0.3, -0.25) is 9.59 Å². The van der Waals surface area contributed by atoms with Crippen molar-refractivity contribution >= 4 is 17.9 Å². The first-order valence-corrected chi connectivity index (χ1v) is 13.8. The predicted molar refractivity (Wildman–Crippen MR) is 130 cm³/mol. The molecule has 0 aromatic heterocycles. The van der Waals surface area contributed by atoms with E-state index in [1.165, 1.54) is 13.4 Å². The maximum absolute atomic E-state index is 13.4. The molecule has 4 N–H and O–H groups in total. The molecule has 0 unspecified atom stereocenters. The summed E-state index contributed by atoms with van der Waals surface area (Å²) in [6.07, 6.45) is -6.14. The molecule has 3 heterocycles. The molecule has 40 heavy (non-hydrogen) atoms. The van der Waals surface area contributed by atoms with Gasteiger partial charge in [0.05, 0.1) is 37.4 Å². The maximum atomic E-state index is 13.4. The van der Waals surface area contributed by atoms with Crippen molar-refractivity contribution in [2.45, 2.75) is 76.2 Å². The van der Waals surface area contributed by atoms with Gasteiger partial charge in [-0.1, -0.05) is 13.8 Å². The van der Waals surface area contributed by atoms with E-state index in [0.29, 0.717) is 0 Å². The van der Waals surface area contributed by atoms with E-state index in [0.717, 1.165) is 12.8 Å². The van der Waals surface area contributed by atoms with Gasteiger partial charge in [-0.2, -0.15) is 0 Å². The summed E-state index contributed by atoms with van der Waals surface area (Å²) in [4.78, 5) is 38.3. The first kappa shape index (κ1) is 29.2. The maximum Gasteiger partial charge on any atom is 0.337 e. The van der Waals surface area contributed by atoms with Gasteiger partial charge in [0.1, 0.15) is 37.1 Å². The zero-order valence-electron chi connectivity index (χ0n) is 22.7. The fourth-order valence-corrected chi connectivity index (χ4v) is 7.20. The van der Waals surface area contributed by atoms with E-state index in [9.17, 15) is 34.8 Å². The zero-order valence-corrected chi connectivity index (χ0v) is 22.7. The average Bonchev–Trinajstić information content (AvgIpc) is 3.49. The van der Waals surface area contributed by atoms with Gasteiger partial charge in [0.15, 0.2) is 6.29 Å². The lowest BCUT2D eigenvalue weighted by Gasteiger charge is -2.43. The van der Waals surface area contributed by atoms with Gasteiger partial charge < -0.3 is 48.8 Å². The lowest BCUT2D eigenvalue weighted by molar-refractivity contribution is -0.342. The minimum absolute atomic E-state index is 0.0290. The first-order valence-electron chi connectivity index (χ1n) is 13.8. The van der Waals surface area contributed by atoms with Crippen molar-refractivity contribution in [3.8, 4) is 0 Å². The number of fused-ring (bicyclic) bond motifs is 2. The highest BCUT2D eigenvalue weighted by molar-refractivity contribution is 5.89. The van der Waals surface area contributed by atoms with Crippen molar-refractivity contribution in [3.63, 3.8) is 0 Å². The van der Waals surface area contributed by atoms with E-state index >= 15 is 0 Å². The van der Waals surface area contributed by atoms with Crippen LogP contribution in [0.5, 0.6) is 0 Å². The monoisotopic (exact) mass is 570 g/mol. The highest BCUT2D eigenvalue weighted by Gasteiger charge is 2.56. The Bertz CT molecular complexity index is 1010. The van der Waals surface area contributed by atoms with Gasteiger partial charge in [-0.15, -0.1) is 0 Å². The zero-order chi connectivity index (χ0) is 28.9. The van der Waals surface area contributed by atoms with Crippen LogP contribution in [0.4, 0.5) is 0 Å². The number of carbonyl (C=O) groups is 3. The Labute approximate surface area is 231 Å². The molecule has 0 aromatic rings. The molecular formula is C27H38O13. The lowest BCUT2D eigenvalue weighted by atomic mass is 9.80. The molecule has 2 saturated heterocycles. The Kier molecular flexibility index (Phi) is 8.42. The number of hydrogen-bond acceptors (Lipinski definition) is 13. The number of rotatable bonds is 6. The van der Waals surface area contributed by atoms with Gasteiger partial charge in [-0.25, -0.2) is 4.79 Å². The largest absolute Gasteiger partial charge is 0.472 e. The highest BCUT2D eigenvalue weighted by atomic mass is 16.8. The quantitative estimate of drug-likeness (QED) is 0.231. The molecule has 0 aromatic carbocycles. The third-order valence-corrected chi connectivity index (χ3v) is 9.52. The van der Waals surface area contributed by atoms with E-state index in [2.05, 4.69) is 0 Å². The first-order chi connectivity index (χ1) is 19.1. The fraction of sp³-hybridized carbons (Fsp3) is 0.815. The molecule has 2 saturated carbocycles. The number of methoxy groups -OCH3 is 1. The number of ether oxygens (including phenoxy) is 6. The second kappa shape index (κ2) is 11.5. The summed E-state index contributed by atoms with van der Waals surface area (Å²) in [5, 5.41) is 40.2. The smallest absolute Gasteiger partial charge is 0.337 e. The van der Waals surface area contributed by atoms with Crippen LogP contribution in [0, 0.1) is 41.4 Å². The number of hydrogen-bond donors (Lipinski definition) is 4. The van der Waals surface area contributed by atoms with Crippen molar-refractivity contribution in [2.75, 3.05) is 20.3 Å². The molecule has 0 bridgehead atoms. The van der Waals surface area contributed by atoms with Gasteiger partial charge in [0.2, 0.25) is 6.29 Å². The molecule has 2 aliphatic carbocycles. The van der Waals surface area contributed by atoms with Gasteiger partial charge in [-0.05, 0) is 31.1 Å². The number of esters is 3. The van der Waals surface area contributed by atoms with Crippen molar-refractivity contribution < 1.29 is 63.2 Å². The summed E-state index contributed by atoms with van der Waals surface area (Å²) in [6, 6.07) is 0. The molecule has 13 heteroatoms. The molecule has 4 fully saturated rings. The van der Waals surface area contributed by atoms with E-state index in [1.807, 2.05) is 13.8 Å². The van der Waals surface area contributed by atoms with Crippen LogP contribution in [0.2, 0.25) is 0 Å². The van der Waals surface area contributed by atoms with Gasteiger partial charge >= 0.3 is 17.9 Å². The Hall–Kier alpha value is -2.29.